The maximum atomic E-state index is 3.79. The van der Waals surface area contributed by atoms with Crippen LogP contribution in [0.3, 0.4) is 0 Å². The highest BCUT2D eigenvalue weighted by Crippen LogP contribution is 2.39. The number of hydrogen-bond acceptors (Lipinski definition) is 2. The first kappa shape index (κ1) is 9.73. The Kier molecular flexibility index (Phi) is 2.49. The van der Waals surface area contributed by atoms with Crippen molar-refractivity contribution in [2.24, 2.45) is 5.92 Å². The van der Waals surface area contributed by atoms with Gasteiger partial charge in [-0.25, -0.2) is 0 Å². The van der Waals surface area contributed by atoms with E-state index in [9.17, 15) is 0 Å². The third-order valence-electron chi connectivity index (χ3n) is 3.48. The van der Waals surface area contributed by atoms with E-state index in [0.717, 1.165) is 12.0 Å². The molecule has 3 atom stereocenters. The summed E-state index contributed by atoms with van der Waals surface area (Å²) >= 11 is 2.00. The first-order valence-corrected chi connectivity index (χ1v) is 6.81. The van der Waals surface area contributed by atoms with Crippen LogP contribution < -0.4 is 5.32 Å². The highest BCUT2D eigenvalue weighted by Gasteiger charge is 2.35. The number of rotatable bonds is 2. The molecule has 1 nitrogen and oxygen atoms in total. The molecule has 1 aromatic rings. The zero-order chi connectivity index (χ0) is 10.3. The molecule has 1 N–H and O–H groups in total. The zero-order valence-corrected chi connectivity index (χ0v) is 9.89. The molecule has 15 heavy (non-hydrogen) atoms. The van der Waals surface area contributed by atoms with Crippen molar-refractivity contribution in [1.82, 2.24) is 5.32 Å². The fraction of sp³-hybridized carbons (Fsp3) is 0.538. The predicted octanol–water partition coefficient (Wildman–Crippen LogP) is 3.22. The summed E-state index contributed by atoms with van der Waals surface area (Å²) in [5.41, 5.74) is 1.52. The van der Waals surface area contributed by atoms with Gasteiger partial charge in [0.2, 0.25) is 0 Å². The Morgan fingerprint density at radius 2 is 2.13 bits per heavy atom. The van der Waals surface area contributed by atoms with Crippen molar-refractivity contribution in [2.75, 3.05) is 5.75 Å². The summed E-state index contributed by atoms with van der Waals surface area (Å²) in [4.78, 5) is 1.48. The summed E-state index contributed by atoms with van der Waals surface area (Å²) in [6.07, 6.45) is 2.65. The molecular formula is C13H17NS. The van der Waals surface area contributed by atoms with E-state index in [1.165, 1.54) is 29.1 Å². The van der Waals surface area contributed by atoms with Gasteiger partial charge in [-0.2, -0.15) is 0 Å². The van der Waals surface area contributed by atoms with Gasteiger partial charge in [-0.1, -0.05) is 25.1 Å². The molecular weight excluding hydrogens is 202 g/mol. The van der Waals surface area contributed by atoms with Crippen LogP contribution in [0, 0.1) is 5.92 Å². The number of hydrogen-bond donors (Lipinski definition) is 1. The van der Waals surface area contributed by atoms with Gasteiger partial charge in [-0.3, -0.25) is 0 Å². The topological polar surface area (TPSA) is 12.0 Å². The van der Waals surface area contributed by atoms with Crippen LogP contribution >= 0.6 is 11.8 Å². The summed E-state index contributed by atoms with van der Waals surface area (Å²) < 4.78 is 0. The molecule has 3 unspecified atom stereocenters. The van der Waals surface area contributed by atoms with Gasteiger partial charge in [0.05, 0.1) is 0 Å². The van der Waals surface area contributed by atoms with Crippen LogP contribution in [0.1, 0.15) is 31.4 Å². The second-order valence-corrected chi connectivity index (χ2v) is 5.85. The van der Waals surface area contributed by atoms with Crippen LogP contribution in [0.5, 0.6) is 0 Å². The fourth-order valence-corrected chi connectivity index (χ4v) is 3.45. The maximum absolute atomic E-state index is 3.79. The average molecular weight is 219 g/mol. The van der Waals surface area contributed by atoms with E-state index >= 15 is 0 Å². The molecule has 2 aliphatic rings. The summed E-state index contributed by atoms with van der Waals surface area (Å²) in [7, 11) is 0. The van der Waals surface area contributed by atoms with E-state index in [1.807, 2.05) is 11.8 Å². The van der Waals surface area contributed by atoms with Crippen molar-refractivity contribution in [3.8, 4) is 0 Å². The Morgan fingerprint density at radius 3 is 2.93 bits per heavy atom. The monoisotopic (exact) mass is 219 g/mol. The van der Waals surface area contributed by atoms with Crippen molar-refractivity contribution in [1.29, 1.82) is 0 Å². The van der Waals surface area contributed by atoms with Crippen LogP contribution in [0.4, 0.5) is 0 Å². The standard InChI is InChI=1S/C13H17NS/c1-9-8-12(9)14-11-6-7-15-13-5-3-2-4-10(11)13/h2-5,9,11-12,14H,6-8H2,1H3. The largest absolute Gasteiger partial charge is 0.307 e. The van der Waals surface area contributed by atoms with E-state index in [1.54, 1.807) is 0 Å². The lowest BCUT2D eigenvalue weighted by Gasteiger charge is -2.26. The van der Waals surface area contributed by atoms with Gasteiger partial charge >= 0.3 is 0 Å². The Labute approximate surface area is 95.6 Å². The summed E-state index contributed by atoms with van der Waals surface area (Å²) in [6, 6.07) is 10.2. The van der Waals surface area contributed by atoms with Crippen LogP contribution in [-0.2, 0) is 0 Å². The van der Waals surface area contributed by atoms with Gasteiger partial charge in [0.15, 0.2) is 0 Å². The molecule has 1 saturated carbocycles. The maximum Gasteiger partial charge on any atom is 0.0341 e. The van der Waals surface area contributed by atoms with Crippen molar-refractivity contribution in [3.63, 3.8) is 0 Å². The zero-order valence-electron chi connectivity index (χ0n) is 9.07. The Bertz CT molecular complexity index is 363. The lowest BCUT2D eigenvalue weighted by Crippen LogP contribution is -2.27. The van der Waals surface area contributed by atoms with E-state index in [0.29, 0.717) is 6.04 Å². The minimum atomic E-state index is 0.609. The molecule has 2 heteroatoms. The second-order valence-electron chi connectivity index (χ2n) is 4.71. The predicted molar refractivity (Wildman–Crippen MR) is 65.2 cm³/mol. The van der Waals surface area contributed by atoms with Gasteiger partial charge in [0.1, 0.15) is 0 Å². The molecule has 80 valence electrons. The second kappa shape index (κ2) is 3.84. The van der Waals surface area contributed by atoms with Crippen LogP contribution in [-0.4, -0.2) is 11.8 Å². The van der Waals surface area contributed by atoms with Crippen LogP contribution in [0.15, 0.2) is 29.2 Å². The van der Waals surface area contributed by atoms with E-state index in [-0.39, 0.29) is 0 Å². The fourth-order valence-electron chi connectivity index (χ4n) is 2.33. The summed E-state index contributed by atoms with van der Waals surface area (Å²) in [5, 5.41) is 3.79. The highest BCUT2D eigenvalue weighted by molar-refractivity contribution is 7.99. The number of fused-ring (bicyclic) bond motifs is 1. The van der Waals surface area contributed by atoms with Crippen LogP contribution in [0.25, 0.3) is 0 Å². The molecule has 1 heterocycles. The van der Waals surface area contributed by atoms with Gasteiger partial charge in [-0.15, -0.1) is 11.8 Å². The quantitative estimate of drug-likeness (QED) is 0.819. The molecule has 0 spiro atoms. The van der Waals surface area contributed by atoms with Crippen molar-refractivity contribution in [2.45, 2.75) is 36.7 Å². The number of nitrogens with one attached hydrogen (secondary N) is 1. The summed E-state index contributed by atoms with van der Waals surface area (Å²) in [6.45, 7) is 2.33. The van der Waals surface area contributed by atoms with Gasteiger partial charge in [-0.05, 0) is 36.1 Å². The number of benzene rings is 1. The Morgan fingerprint density at radius 1 is 1.33 bits per heavy atom. The summed E-state index contributed by atoms with van der Waals surface area (Å²) in [5.74, 6) is 2.15. The molecule has 1 fully saturated rings. The smallest absolute Gasteiger partial charge is 0.0341 e. The molecule has 0 bridgehead atoms. The van der Waals surface area contributed by atoms with E-state index < -0.39 is 0 Å². The molecule has 1 aliphatic heterocycles. The normalized spacial score (nSPS) is 33.5. The third-order valence-corrected chi connectivity index (χ3v) is 4.61. The number of thioether (sulfide) groups is 1. The van der Waals surface area contributed by atoms with Gasteiger partial charge in [0.25, 0.3) is 0 Å². The molecule has 1 aliphatic carbocycles. The highest BCUT2D eigenvalue weighted by atomic mass is 32.2. The van der Waals surface area contributed by atoms with E-state index in [2.05, 4.69) is 36.5 Å². The first-order chi connectivity index (χ1) is 7.34. The average Bonchev–Trinajstić information content (AvgIpc) is 2.95. The lowest BCUT2D eigenvalue weighted by molar-refractivity contribution is 0.494. The SMILES string of the molecule is CC1CC1NC1CCSc2ccccc21. The molecule has 0 aromatic heterocycles. The molecule has 3 rings (SSSR count). The molecule has 0 amide bonds. The molecule has 0 saturated heterocycles. The van der Waals surface area contributed by atoms with Gasteiger partial charge < -0.3 is 5.32 Å². The Hall–Kier alpha value is -0.470. The van der Waals surface area contributed by atoms with Crippen molar-refractivity contribution >= 4 is 11.8 Å². The lowest BCUT2D eigenvalue weighted by atomic mass is 10.0. The molecule has 0 radical (unpaired) electrons. The Balaban J connectivity index is 1.80. The first-order valence-electron chi connectivity index (χ1n) is 5.82. The van der Waals surface area contributed by atoms with Crippen molar-refractivity contribution < 1.29 is 0 Å². The minimum absolute atomic E-state index is 0.609. The van der Waals surface area contributed by atoms with Crippen molar-refractivity contribution in [3.05, 3.63) is 29.8 Å². The minimum Gasteiger partial charge on any atom is -0.307 e. The van der Waals surface area contributed by atoms with E-state index in [4.69, 9.17) is 0 Å². The molecule has 1 aromatic carbocycles. The third kappa shape index (κ3) is 1.93. The van der Waals surface area contributed by atoms with Crippen LogP contribution in [0.2, 0.25) is 0 Å². The van der Waals surface area contributed by atoms with Gasteiger partial charge in [0, 0.05) is 17.0 Å².